The van der Waals surface area contributed by atoms with E-state index in [0.29, 0.717) is 6.54 Å². The first-order chi connectivity index (χ1) is 10.2. The van der Waals surface area contributed by atoms with Gasteiger partial charge < -0.3 is 5.32 Å². The number of aromatic nitrogens is 1. The molecule has 0 unspecified atom stereocenters. The van der Waals surface area contributed by atoms with Gasteiger partial charge in [-0.15, -0.1) is 0 Å². The number of rotatable bonds is 3. The topological polar surface area (TPSA) is 24.9 Å². The predicted molar refractivity (Wildman–Crippen MR) is 90.3 cm³/mol. The molecular formula is C17H14Cl2N2. The summed E-state index contributed by atoms with van der Waals surface area (Å²) in [6, 6.07) is 13.6. The minimum absolute atomic E-state index is 0.648. The molecule has 1 N–H and O–H groups in total. The van der Waals surface area contributed by atoms with E-state index in [9.17, 15) is 0 Å². The summed E-state index contributed by atoms with van der Waals surface area (Å²) in [7, 11) is 0. The Hall–Kier alpha value is -1.77. The molecule has 0 amide bonds. The molecule has 0 fully saturated rings. The highest BCUT2D eigenvalue weighted by Gasteiger charge is 2.07. The van der Waals surface area contributed by atoms with Gasteiger partial charge in [0.25, 0.3) is 0 Å². The van der Waals surface area contributed by atoms with Crippen LogP contribution in [0.1, 0.15) is 11.1 Å². The van der Waals surface area contributed by atoms with Gasteiger partial charge in [0.15, 0.2) is 0 Å². The molecule has 0 atom stereocenters. The van der Waals surface area contributed by atoms with Crippen LogP contribution in [-0.2, 0) is 6.54 Å². The number of pyridine rings is 1. The van der Waals surface area contributed by atoms with Crippen LogP contribution in [0.15, 0.2) is 48.7 Å². The summed E-state index contributed by atoms with van der Waals surface area (Å²) in [5.41, 5.74) is 4.09. The SMILES string of the molecule is Cc1cccc(Cl)c1NCc1ccc(Cl)c2cccnc12. The van der Waals surface area contributed by atoms with Crippen molar-refractivity contribution in [3.63, 3.8) is 0 Å². The number of nitrogens with zero attached hydrogens (tertiary/aromatic N) is 1. The van der Waals surface area contributed by atoms with Crippen molar-refractivity contribution in [1.29, 1.82) is 0 Å². The van der Waals surface area contributed by atoms with Crippen LogP contribution in [0.2, 0.25) is 10.0 Å². The van der Waals surface area contributed by atoms with Gasteiger partial charge in [-0.25, -0.2) is 0 Å². The Kier molecular flexibility index (Phi) is 4.00. The summed E-state index contributed by atoms with van der Waals surface area (Å²) in [5, 5.41) is 5.80. The second-order valence-electron chi connectivity index (χ2n) is 4.89. The van der Waals surface area contributed by atoms with Crippen LogP contribution in [-0.4, -0.2) is 4.98 Å². The number of halogens is 2. The fourth-order valence-electron chi connectivity index (χ4n) is 2.38. The molecular weight excluding hydrogens is 303 g/mol. The minimum Gasteiger partial charge on any atom is -0.379 e. The van der Waals surface area contributed by atoms with Crippen LogP contribution in [0.4, 0.5) is 5.69 Å². The van der Waals surface area contributed by atoms with Crippen molar-refractivity contribution < 1.29 is 0 Å². The molecule has 0 saturated carbocycles. The van der Waals surface area contributed by atoms with Gasteiger partial charge >= 0.3 is 0 Å². The summed E-state index contributed by atoms with van der Waals surface area (Å²) in [6.07, 6.45) is 1.78. The third-order valence-corrected chi connectivity index (χ3v) is 4.12. The molecule has 0 radical (unpaired) electrons. The molecule has 0 spiro atoms. The number of hydrogen-bond acceptors (Lipinski definition) is 2. The summed E-state index contributed by atoms with van der Waals surface area (Å²) in [6.45, 7) is 2.68. The number of nitrogens with one attached hydrogen (secondary N) is 1. The number of para-hydroxylation sites is 1. The molecule has 0 aliphatic carbocycles. The average Bonchev–Trinajstić information content (AvgIpc) is 2.49. The molecule has 2 nitrogen and oxygen atoms in total. The molecule has 21 heavy (non-hydrogen) atoms. The lowest BCUT2D eigenvalue weighted by Gasteiger charge is -2.13. The monoisotopic (exact) mass is 316 g/mol. The number of aryl methyl sites for hydroxylation is 1. The Balaban J connectivity index is 1.94. The zero-order valence-electron chi connectivity index (χ0n) is 11.5. The van der Waals surface area contributed by atoms with Gasteiger partial charge in [0, 0.05) is 23.2 Å². The van der Waals surface area contributed by atoms with Crippen molar-refractivity contribution in [3.8, 4) is 0 Å². The first-order valence-corrected chi connectivity index (χ1v) is 7.43. The van der Waals surface area contributed by atoms with Gasteiger partial charge in [-0.3, -0.25) is 4.98 Å². The van der Waals surface area contributed by atoms with Crippen molar-refractivity contribution in [3.05, 3.63) is 69.8 Å². The maximum absolute atomic E-state index is 6.24. The summed E-state index contributed by atoms with van der Waals surface area (Å²) in [5.74, 6) is 0. The predicted octanol–water partition coefficient (Wildman–Crippen LogP) is 5.46. The zero-order valence-corrected chi connectivity index (χ0v) is 13.0. The first-order valence-electron chi connectivity index (χ1n) is 6.68. The van der Waals surface area contributed by atoms with Crippen LogP contribution in [0.25, 0.3) is 10.9 Å². The lowest BCUT2D eigenvalue weighted by atomic mass is 10.1. The number of anilines is 1. The molecule has 3 aromatic rings. The third kappa shape index (κ3) is 2.82. The Morgan fingerprint density at radius 1 is 1.00 bits per heavy atom. The number of hydrogen-bond donors (Lipinski definition) is 1. The van der Waals surface area contributed by atoms with E-state index < -0.39 is 0 Å². The molecule has 106 valence electrons. The van der Waals surface area contributed by atoms with Gasteiger partial charge in [0.1, 0.15) is 0 Å². The smallest absolute Gasteiger partial charge is 0.0766 e. The molecule has 0 aliphatic rings. The highest BCUT2D eigenvalue weighted by Crippen LogP contribution is 2.28. The van der Waals surface area contributed by atoms with Gasteiger partial charge in [0.2, 0.25) is 0 Å². The number of benzene rings is 2. The highest BCUT2D eigenvalue weighted by atomic mass is 35.5. The molecule has 1 aromatic heterocycles. The van der Waals surface area contributed by atoms with E-state index in [1.165, 1.54) is 0 Å². The van der Waals surface area contributed by atoms with Crippen molar-refractivity contribution >= 4 is 39.8 Å². The van der Waals surface area contributed by atoms with E-state index in [2.05, 4.69) is 10.3 Å². The van der Waals surface area contributed by atoms with E-state index in [0.717, 1.165) is 37.8 Å². The normalized spacial score (nSPS) is 10.8. The summed E-state index contributed by atoms with van der Waals surface area (Å²) in [4.78, 5) is 4.44. The van der Waals surface area contributed by atoms with Gasteiger partial charge in [-0.1, -0.05) is 41.4 Å². The Labute approximate surface area is 133 Å². The van der Waals surface area contributed by atoms with Crippen LogP contribution in [0.3, 0.4) is 0 Å². The molecule has 0 saturated heterocycles. The zero-order chi connectivity index (χ0) is 14.8. The maximum Gasteiger partial charge on any atom is 0.0766 e. The first kappa shape index (κ1) is 14.2. The van der Waals surface area contributed by atoms with E-state index in [4.69, 9.17) is 23.2 Å². The lowest BCUT2D eigenvalue weighted by molar-refractivity contribution is 1.14. The van der Waals surface area contributed by atoms with E-state index in [-0.39, 0.29) is 0 Å². The fourth-order valence-corrected chi connectivity index (χ4v) is 2.88. The van der Waals surface area contributed by atoms with Gasteiger partial charge in [-0.2, -0.15) is 0 Å². The Morgan fingerprint density at radius 2 is 1.86 bits per heavy atom. The maximum atomic E-state index is 6.24. The minimum atomic E-state index is 0.648. The van der Waals surface area contributed by atoms with Crippen LogP contribution >= 0.6 is 23.2 Å². The molecule has 0 aliphatic heterocycles. The lowest BCUT2D eigenvalue weighted by Crippen LogP contribution is -2.03. The van der Waals surface area contributed by atoms with Crippen molar-refractivity contribution in [2.45, 2.75) is 13.5 Å². The van der Waals surface area contributed by atoms with E-state index in [1.54, 1.807) is 6.20 Å². The summed E-state index contributed by atoms with van der Waals surface area (Å²) >= 11 is 12.5. The molecule has 0 bridgehead atoms. The largest absolute Gasteiger partial charge is 0.379 e. The number of fused-ring (bicyclic) bond motifs is 1. The highest BCUT2D eigenvalue weighted by molar-refractivity contribution is 6.35. The van der Waals surface area contributed by atoms with E-state index >= 15 is 0 Å². The molecule has 2 aromatic carbocycles. The molecule has 3 rings (SSSR count). The average molecular weight is 317 g/mol. The third-order valence-electron chi connectivity index (χ3n) is 3.48. The molecule has 1 heterocycles. The fraction of sp³-hybridized carbons (Fsp3) is 0.118. The van der Waals surface area contributed by atoms with Gasteiger partial charge in [0.05, 0.1) is 16.2 Å². The van der Waals surface area contributed by atoms with Crippen LogP contribution in [0.5, 0.6) is 0 Å². The molecule has 4 heteroatoms. The van der Waals surface area contributed by atoms with Crippen molar-refractivity contribution in [2.24, 2.45) is 0 Å². The Morgan fingerprint density at radius 3 is 2.67 bits per heavy atom. The Bertz CT molecular complexity index is 780. The van der Waals surface area contributed by atoms with Crippen molar-refractivity contribution in [2.75, 3.05) is 5.32 Å². The van der Waals surface area contributed by atoms with Gasteiger partial charge in [-0.05, 0) is 42.3 Å². The van der Waals surface area contributed by atoms with Crippen LogP contribution < -0.4 is 5.32 Å². The second-order valence-corrected chi connectivity index (χ2v) is 5.71. The standard InChI is InChI=1S/C17H14Cl2N2/c1-11-4-2-6-15(19)16(11)21-10-12-7-8-14(18)13-5-3-9-20-17(12)13/h2-9,21H,10H2,1H3. The summed E-state index contributed by atoms with van der Waals surface area (Å²) < 4.78 is 0. The second kappa shape index (κ2) is 5.92. The van der Waals surface area contributed by atoms with Crippen molar-refractivity contribution in [1.82, 2.24) is 4.98 Å². The quantitative estimate of drug-likeness (QED) is 0.693. The van der Waals surface area contributed by atoms with Crippen LogP contribution in [0, 0.1) is 6.92 Å². The van der Waals surface area contributed by atoms with E-state index in [1.807, 2.05) is 49.4 Å².